The highest BCUT2D eigenvalue weighted by atomic mass is 32.2. The number of rotatable bonds is 7. The van der Waals surface area contributed by atoms with Gasteiger partial charge in [-0.05, 0) is 36.6 Å². The van der Waals surface area contributed by atoms with E-state index in [0.29, 0.717) is 13.1 Å². The van der Waals surface area contributed by atoms with Crippen LogP contribution in [0.3, 0.4) is 0 Å². The summed E-state index contributed by atoms with van der Waals surface area (Å²) in [5.41, 5.74) is 5.00. The molecule has 7 heteroatoms. The van der Waals surface area contributed by atoms with E-state index in [1.165, 1.54) is 5.56 Å². The van der Waals surface area contributed by atoms with Gasteiger partial charge in [0.05, 0.1) is 17.1 Å². The van der Waals surface area contributed by atoms with E-state index in [2.05, 4.69) is 29.5 Å². The van der Waals surface area contributed by atoms with Crippen molar-refractivity contribution in [3.63, 3.8) is 0 Å². The van der Waals surface area contributed by atoms with E-state index in [4.69, 9.17) is 0 Å². The second-order valence-electron chi connectivity index (χ2n) is 7.83. The fraction of sp³-hybridized carbons (Fsp3) is 0.320. The molecule has 0 radical (unpaired) electrons. The Kier molecular flexibility index (Phi) is 6.95. The predicted octanol–water partition coefficient (Wildman–Crippen LogP) is 4.28. The average molecular weight is 449 g/mol. The molecule has 0 saturated carbocycles. The monoisotopic (exact) mass is 448 g/mol. The Morgan fingerprint density at radius 3 is 2.47 bits per heavy atom. The number of aromatic nitrogens is 2. The molecule has 0 fully saturated rings. The predicted molar refractivity (Wildman–Crippen MR) is 128 cm³/mol. The molecule has 0 unspecified atom stereocenters. The Morgan fingerprint density at radius 2 is 1.75 bits per heavy atom. The summed E-state index contributed by atoms with van der Waals surface area (Å²) < 4.78 is 1.91. The molecule has 6 nitrogen and oxygen atoms in total. The van der Waals surface area contributed by atoms with Crippen molar-refractivity contribution in [1.82, 2.24) is 15.1 Å². The van der Waals surface area contributed by atoms with Gasteiger partial charge in [-0.2, -0.15) is 5.10 Å². The fourth-order valence-corrected chi connectivity index (χ4v) is 4.94. The molecule has 0 spiro atoms. The molecule has 2 heterocycles. The number of thioether (sulfide) groups is 1. The maximum absolute atomic E-state index is 13.0. The summed E-state index contributed by atoms with van der Waals surface area (Å²) >= 11 is 1.71. The van der Waals surface area contributed by atoms with Crippen molar-refractivity contribution in [2.75, 3.05) is 17.2 Å². The third-order valence-electron chi connectivity index (χ3n) is 5.60. The maximum Gasteiger partial charge on any atom is 0.227 e. The molecule has 0 saturated heterocycles. The minimum absolute atomic E-state index is 0.0373. The smallest absolute Gasteiger partial charge is 0.227 e. The van der Waals surface area contributed by atoms with Gasteiger partial charge in [0.2, 0.25) is 11.8 Å². The Hall–Kier alpha value is -3.06. The Bertz CT molecular complexity index is 1090. The molecular weight excluding hydrogens is 420 g/mol. The molecule has 1 aromatic heterocycles. The highest BCUT2D eigenvalue weighted by Crippen LogP contribution is 2.39. The number of carbonyl (C=O) groups excluding carboxylic acids is 2. The number of nitrogens with one attached hydrogen (secondary N) is 1. The second-order valence-corrected chi connectivity index (χ2v) is 8.91. The lowest BCUT2D eigenvalue weighted by Gasteiger charge is -2.27. The SMILES string of the molecule is CCc1ccc(CNC(=O)CCC(=O)N2CCSc3c2c(C)nn3-c2ccccc2)cc1. The first-order valence-electron chi connectivity index (χ1n) is 11.0. The van der Waals surface area contributed by atoms with Crippen molar-refractivity contribution in [1.29, 1.82) is 0 Å². The number of fused-ring (bicyclic) bond motifs is 1. The molecule has 166 valence electrons. The first-order valence-corrected chi connectivity index (χ1v) is 12.0. The van der Waals surface area contributed by atoms with Gasteiger partial charge in [0.25, 0.3) is 0 Å². The number of aryl methyl sites for hydroxylation is 2. The van der Waals surface area contributed by atoms with Crippen molar-refractivity contribution in [3.8, 4) is 5.69 Å². The summed E-state index contributed by atoms with van der Waals surface area (Å²) in [6.07, 6.45) is 1.35. The van der Waals surface area contributed by atoms with Gasteiger partial charge < -0.3 is 10.2 Å². The summed E-state index contributed by atoms with van der Waals surface area (Å²) in [6, 6.07) is 18.2. The first kappa shape index (κ1) is 22.1. The highest BCUT2D eigenvalue weighted by Gasteiger charge is 2.29. The van der Waals surface area contributed by atoms with Gasteiger partial charge in [-0.1, -0.05) is 49.4 Å². The van der Waals surface area contributed by atoms with Gasteiger partial charge in [0.15, 0.2) is 0 Å². The molecule has 2 amide bonds. The second kappa shape index (κ2) is 10.0. The minimum Gasteiger partial charge on any atom is -0.352 e. The number of amides is 2. The quantitative estimate of drug-likeness (QED) is 0.586. The molecule has 32 heavy (non-hydrogen) atoms. The van der Waals surface area contributed by atoms with Crippen LogP contribution in [0.2, 0.25) is 0 Å². The molecule has 1 aliphatic heterocycles. The standard InChI is InChI=1S/C25H28N4O2S/c1-3-19-9-11-20(12-10-19)17-26-22(30)13-14-23(31)28-15-16-32-25-24(28)18(2)27-29(25)21-7-5-4-6-8-21/h4-12H,3,13-17H2,1-2H3,(H,26,30). The highest BCUT2D eigenvalue weighted by molar-refractivity contribution is 7.99. The molecule has 0 atom stereocenters. The van der Waals surface area contributed by atoms with Gasteiger partial charge in [0.1, 0.15) is 5.03 Å². The topological polar surface area (TPSA) is 67.2 Å². The number of anilines is 1. The number of benzene rings is 2. The van der Waals surface area contributed by atoms with Crippen LogP contribution in [0.5, 0.6) is 0 Å². The van der Waals surface area contributed by atoms with E-state index >= 15 is 0 Å². The van der Waals surface area contributed by atoms with Crippen LogP contribution in [-0.2, 0) is 22.6 Å². The fourth-order valence-electron chi connectivity index (χ4n) is 3.81. The number of hydrogen-bond donors (Lipinski definition) is 1. The van der Waals surface area contributed by atoms with E-state index in [0.717, 1.165) is 39.8 Å². The van der Waals surface area contributed by atoms with Crippen molar-refractivity contribution in [2.45, 2.75) is 44.7 Å². The Balaban J connectivity index is 1.37. The number of carbonyl (C=O) groups is 2. The van der Waals surface area contributed by atoms with Crippen LogP contribution < -0.4 is 10.2 Å². The lowest BCUT2D eigenvalue weighted by molar-refractivity contribution is -0.125. The molecule has 4 rings (SSSR count). The lowest BCUT2D eigenvalue weighted by Crippen LogP contribution is -2.36. The summed E-state index contributed by atoms with van der Waals surface area (Å²) in [5.74, 6) is 0.655. The molecule has 1 N–H and O–H groups in total. The van der Waals surface area contributed by atoms with Gasteiger partial charge >= 0.3 is 0 Å². The van der Waals surface area contributed by atoms with Crippen molar-refractivity contribution >= 4 is 29.3 Å². The van der Waals surface area contributed by atoms with Crippen LogP contribution in [0.15, 0.2) is 59.6 Å². The van der Waals surface area contributed by atoms with E-state index < -0.39 is 0 Å². The zero-order chi connectivity index (χ0) is 22.5. The van der Waals surface area contributed by atoms with Gasteiger partial charge in [-0.25, -0.2) is 4.68 Å². The zero-order valence-corrected chi connectivity index (χ0v) is 19.3. The molecule has 3 aromatic rings. The minimum atomic E-state index is -0.110. The maximum atomic E-state index is 13.0. The molecule has 2 aromatic carbocycles. The molecule has 1 aliphatic rings. The van der Waals surface area contributed by atoms with E-state index in [1.807, 2.05) is 54.1 Å². The third-order valence-corrected chi connectivity index (χ3v) is 6.63. The normalized spacial score (nSPS) is 13.0. The van der Waals surface area contributed by atoms with Crippen LogP contribution >= 0.6 is 11.8 Å². The van der Waals surface area contributed by atoms with E-state index in [9.17, 15) is 9.59 Å². The summed E-state index contributed by atoms with van der Waals surface area (Å²) in [7, 11) is 0. The number of nitrogens with zero attached hydrogens (tertiary/aromatic N) is 3. The molecule has 0 bridgehead atoms. The van der Waals surface area contributed by atoms with Crippen molar-refractivity contribution in [3.05, 3.63) is 71.4 Å². The van der Waals surface area contributed by atoms with E-state index in [-0.39, 0.29) is 24.7 Å². The summed E-state index contributed by atoms with van der Waals surface area (Å²) in [5, 5.41) is 8.59. The van der Waals surface area contributed by atoms with E-state index in [1.54, 1.807) is 16.7 Å². The van der Waals surface area contributed by atoms with Crippen LogP contribution in [-0.4, -0.2) is 33.9 Å². The summed E-state index contributed by atoms with van der Waals surface area (Å²) in [4.78, 5) is 27.1. The zero-order valence-electron chi connectivity index (χ0n) is 18.5. The van der Waals surface area contributed by atoms with Gasteiger partial charge in [0, 0.05) is 31.7 Å². The third kappa shape index (κ3) is 4.88. The molecule has 0 aliphatic carbocycles. The number of hydrogen-bond acceptors (Lipinski definition) is 4. The van der Waals surface area contributed by atoms with Crippen LogP contribution in [0, 0.1) is 6.92 Å². The van der Waals surface area contributed by atoms with Crippen LogP contribution in [0.4, 0.5) is 5.69 Å². The van der Waals surface area contributed by atoms with Crippen LogP contribution in [0.1, 0.15) is 36.6 Å². The van der Waals surface area contributed by atoms with Gasteiger partial charge in [-0.3, -0.25) is 9.59 Å². The summed E-state index contributed by atoms with van der Waals surface area (Å²) in [6.45, 7) is 5.15. The largest absolute Gasteiger partial charge is 0.352 e. The Labute approximate surface area is 193 Å². The van der Waals surface area contributed by atoms with Crippen molar-refractivity contribution in [2.24, 2.45) is 0 Å². The first-order chi connectivity index (χ1) is 15.6. The van der Waals surface area contributed by atoms with Gasteiger partial charge in [-0.15, -0.1) is 11.8 Å². The average Bonchev–Trinajstić information content (AvgIpc) is 3.18. The number of para-hydroxylation sites is 1. The Morgan fingerprint density at radius 1 is 1.03 bits per heavy atom. The van der Waals surface area contributed by atoms with Crippen LogP contribution in [0.25, 0.3) is 5.69 Å². The van der Waals surface area contributed by atoms with Crippen molar-refractivity contribution < 1.29 is 9.59 Å². The lowest BCUT2D eigenvalue weighted by atomic mass is 10.1. The molecular formula is C25H28N4O2S.